The van der Waals surface area contributed by atoms with Crippen molar-refractivity contribution in [1.29, 1.82) is 0 Å². The minimum Gasteiger partial charge on any atom is -0.378 e. The van der Waals surface area contributed by atoms with E-state index in [4.69, 9.17) is 4.74 Å². The van der Waals surface area contributed by atoms with Gasteiger partial charge in [-0.1, -0.05) is 6.07 Å². The lowest BCUT2D eigenvalue weighted by molar-refractivity contribution is -0.132. The van der Waals surface area contributed by atoms with Crippen LogP contribution in [0.5, 0.6) is 0 Å². The molecule has 0 unspecified atom stereocenters. The summed E-state index contributed by atoms with van der Waals surface area (Å²) < 4.78 is 5.26. The fourth-order valence-corrected chi connectivity index (χ4v) is 5.52. The lowest BCUT2D eigenvalue weighted by Crippen LogP contribution is -2.41. The highest BCUT2D eigenvalue weighted by atomic mass is 32.2. The first-order valence-corrected chi connectivity index (χ1v) is 12.7. The number of nitrogens with one attached hydrogen (secondary N) is 1. The number of thiophene rings is 1. The van der Waals surface area contributed by atoms with Gasteiger partial charge in [-0.3, -0.25) is 14.4 Å². The quantitative estimate of drug-likeness (QED) is 0.698. The Morgan fingerprint density at radius 2 is 1.91 bits per heavy atom. The zero-order chi connectivity index (χ0) is 22.5. The van der Waals surface area contributed by atoms with Crippen LogP contribution in [-0.2, 0) is 27.3 Å². The fraction of sp³-hybridized carbons (Fsp3) is 0.435. The number of nitrogens with zero attached hydrogens (tertiary/aromatic N) is 2. The molecule has 0 saturated carbocycles. The Bertz CT molecular complexity index is 1000. The van der Waals surface area contributed by atoms with Crippen molar-refractivity contribution < 1.29 is 19.1 Å². The van der Waals surface area contributed by atoms with Crippen molar-refractivity contribution in [1.82, 2.24) is 9.80 Å². The molecule has 7 nitrogen and oxygen atoms in total. The smallest absolute Gasteiger partial charge is 0.254 e. The molecule has 2 aliphatic rings. The Hall–Kier alpha value is -2.36. The van der Waals surface area contributed by atoms with E-state index >= 15 is 0 Å². The third kappa shape index (κ3) is 5.33. The maximum atomic E-state index is 13.1. The molecular formula is C23H27N3O4S2. The summed E-state index contributed by atoms with van der Waals surface area (Å²) in [5.74, 6) is 0.287. The van der Waals surface area contributed by atoms with Crippen molar-refractivity contribution >= 4 is 46.5 Å². The molecule has 1 aromatic carbocycles. The van der Waals surface area contributed by atoms with Gasteiger partial charge in [0, 0.05) is 42.3 Å². The number of hydrogen-bond acceptors (Lipinski definition) is 6. The molecule has 32 heavy (non-hydrogen) atoms. The van der Waals surface area contributed by atoms with E-state index in [-0.39, 0.29) is 29.2 Å². The number of anilines is 1. The van der Waals surface area contributed by atoms with Crippen LogP contribution >= 0.6 is 23.1 Å². The summed E-state index contributed by atoms with van der Waals surface area (Å²) >= 11 is 3.04. The second-order valence-corrected chi connectivity index (χ2v) is 9.84. The van der Waals surface area contributed by atoms with Gasteiger partial charge in [-0.25, -0.2) is 0 Å². The highest BCUT2D eigenvalue weighted by Crippen LogP contribution is 2.27. The number of carbonyl (C=O) groups excluding carboxylic acids is 3. The molecule has 0 aliphatic carbocycles. The molecular weight excluding hydrogens is 446 g/mol. The number of thioether (sulfide) groups is 1. The van der Waals surface area contributed by atoms with Gasteiger partial charge in [0.25, 0.3) is 5.91 Å². The Morgan fingerprint density at radius 3 is 2.72 bits per heavy atom. The van der Waals surface area contributed by atoms with Gasteiger partial charge in [0.1, 0.15) is 0 Å². The standard InChI is InChI=1S/C23H27N3O4S2/c1-16-18(23(29)26-7-5-20-17(13-26)6-12-32-20)3-2-4-19(16)24-21(27)14-31-15-22(28)25-8-10-30-11-9-25/h2-4,6,12H,5,7-11,13-15H2,1H3,(H,24,27). The van der Waals surface area contributed by atoms with Crippen LogP contribution in [-0.4, -0.2) is 71.9 Å². The van der Waals surface area contributed by atoms with Gasteiger partial charge in [-0.2, -0.15) is 0 Å². The van der Waals surface area contributed by atoms with E-state index < -0.39 is 0 Å². The minimum atomic E-state index is -0.182. The SMILES string of the molecule is Cc1c(NC(=O)CSCC(=O)N2CCOCC2)cccc1C(=O)N1CCc2sccc2C1. The molecule has 0 radical (unpaired) electrons. The second kappa shape index (κ2) is 10.5. The first kappa shape index (κ1) is 22.8. The molecule has 0 spiro atoms. The molecule has 1 saturated heterocycles. The topological polar surface area (TPSA) is 79.0 Å². The molecule has 3 amide bonds. The second-order valence-electron chi connectivity index (χ2n) is 7.86. The molecule has 2 aliphatic heterocycles. The van der Waals surface area contributed by atoms with E-state index in [0.717, 1.165) is 12.0 Å². The van der Waals surface area contributed by atoms with Gasteiger partial charge in [-0.05, 0) is 48.1 Å². The maximum Gasteiger partial charge on any atom is 0.254 e. The molecule has 0 atom stereocenters. The average Bonchev–Trinajstić information content (AvgIpc) is 3.28. The summed E-state index contributed by atoms with van der Waals surface area (Å²) in [6.45, 7) is 5.54. The van der Waals surface area contributed by atoms with Crippen molar-refractivity contribution in [3.8, 4) is 0 Å². The summed E-state index contributed by atoms with van der Waals surface area (Å²) in [4.78, 5) is 42.8. The number of ether oxygens (including phenoxy) is 1. The number of benzene rings is 1. The number of fused-ring (bicyclic) bond motifs is 1. The zero-order valence-electron chi connectivity index (χ0n) is 18.1. The van der Waals surface area contributed by atoms with E-state index in [1.54, 1.807) is 28.4 Å². The van der Waals surface area contributed by atoms with Gasteiger partial charge in [0.15, 0.2) is 0 Å². The average molecular weight is 474 g/mol. The van der Waals surface area contributed by atoms with Gasteiger partial charge < -0.3 is 19.9 Å². The number of rotatable bonds is 6. The number of hydrogen-bond donors (Lipinski definition) is 1. The predicted molar refractivity (Wildman–Crippen MR) is 127 cm³/mol. The minimum absolute atomic E-state index is 0.0130. The van der Waals surface area contributed by atoms with Gasteiger partial charge in [-0.15, -0.1) is 23.1 Å². The maximum absolute atomic E-state index is 13.1. The molecule has 3 heterocycles. The van der Waals surface area contributed by atoms with E-state index in [0.29, 0.717) is 50.6 Å². The predicted octanol–water partition coefficient (Wildman–Crippen LogP) is 2.79. The Morgan fingerprint density at radius 1 is 1.09 bits per heavy atom. The molecule has 1 aromatic heterocycles. The zero-order valence-corrected chi connectivity index (χ0v) is 19.7. The Balaban J connectivity index is 1.31. The van der Waals surface area contributed by atoms with Crippen molar-refractivity contribution in [3.63, 3.8) is 0 Å². The van der Waals surface area contributed by atoms with E-state index in [1.807, 2.05) is 17.9 Å². The Kier molecular flexibility index (Phi) is 7.49. The summed E-state index contributed by atoms with van der Waals surface area (Å²) in [5.41, 5.74) is 3.22. The molecule has 1 N–H and O–H groups in total. The van der Waals surface area contributed by atoms with Crippen LogP contribution < -0.4 is 5.32 Å². The van der Waals surface area contributed by atoms with Gasteiger partial charge in [0.05, 0.1) is 24.7 Å². The van der Waals surface area contributed by atoms with Crippen LogP contribution in [0.4, 0.5) is 5.69 Å². The summed E-state index contributed by atoms with van der Waals surface area (Å²) in [6.07, 6.45) is 0.884. The largest absolute Gasteiger partial charge is 0.378 e. The monoisotopic (exact) mass is 473 g/mol. The van der Waals surface area contributed by atoms with Crippen LogP contribution in [0.25, 0.3) is 0 Å². The van der Waals surface area contributed by atoms with E-state index in [2.05, 4.69) is 16.8 Å². The Labute approximate surface area is 196 Å². The third-order valence-corrected chi connectivity index (χ3v) is 7.70. The van der Waals surface area contributed by atoms with Crippen LogP contribution in [0.15, 0.2) is 29.6 Å². The molecule has 170 valence electrons. The van der Waals surface area contributed by atoms with Crippen molar-refractivity contribution in [2.24, 2.45) is 0 Å². The number of morpholine rings is 1. The summed E-state index contributed by atoms with van der Waals surface area (Å²) in [6, 6.07) is 7.50. The molecule has 9 heteroatoms. The first-order chi connectivity index (χ1) is 15.5. The van der Waals surface area contributed by atoms with E-state index in [1.165, 1.54) is 22.2 Å². The molecule has 2 aromatic rings. The van der Waals surface area contributed by atoms with Crippen LogP contribution in [0, 0.1) is 6.92 Å². The molecule has 0 bridgehead atoms. The highest BCUT2D eigenvalue weighted by Gasteiger charge is 2.24. The number of carbonyl (C=O) groups is 3. The lowest BCUT2D eigenvalue weighted by atomic mass is 10.0. The molecule has 4 rings (SSSR count). The lowest BCUT2D eigenvalue weighted by Gasteiger charge is -2.28. The van der Waals surface area contributed by atoms with Crippen LogP contribution in [0.1, 0.15) is 26.4 Å². The van der Waals surface area contributed by atoms with Crippen molar-refractivity contribution in [2.45, 2.75) is 19.9 Å². The third-order valence-electron chi connectivity index (χ3n) is 5.76. The molecule has 1 fully saturated rings. The van der Waals surface area contributed by atoms with E-state index in [9.17, 15) is 14.4 Å². The van der Waals surface area contributed by atoms with Crippen LogP contribution in [0.2, 0.25) is 0 Å². The van der Waals surface area contributed by atoms with Gasteiger partial charge in [0.2, 0.25) is 11.8 Å². The normalized spacial score (nSPS) is 15.9. The first-order valence-electron chi connectivity index (χ1n) is 10.7. The summed E-state index contributed by atoms with van der Waals surface area (Å²) in [7, 11) is 0. The van der Waals surface area contributed by atoms with Crippen LogP contribution in [0.3, 0.4) is 0 Å². The number of amides is 3. The van der Waals surface area contributed by atoms with Crippen molar-refractivity contribution in [3.05, 3.63) is 51.2 Å². The fourth-order valence-electron chi connectivity index (χ4n) is 3.92. The highest BCUT2D eigenvalue weighted by molar-refractivity contribution is 8.00. The summed E-state index contributed by atoms with van der Waals surface area (Å²) in [5, 5.41) is 4.98. The van der Waals surface area contributed by atoms with Gasteiger partial charge >= 0.3 is 0 Å². The van der Waals surface area contributed by atoms with Crippen molar-refractivity contribution in [2.75, 3.05) is 49.7 Å².